The van der Waals surface area contributed by atoms with Gasteiger partial charge in [0.2, 0.25) is 0 Å². The summed E-state index contributed by atoms with van der Waals surface area (Å²) in [6.07, 6.45) is 9.63. The lowest BCUT2D eigenvalue weighted by atomic mass is 9.46. The third-order valence-electron chi connectivity index (χ3n) is 10.0. The second-order valence-electron chi connectivity index (χ2n) is 11.7. The molecule has 0 heterocycles. The van der Waals surface area contributed by atoms with Gasteiger partial charge in [0, 0.05) is 6.42 Å². The van der Waals surface area contributed by atoms with Crippen LogP contribution in [0, 0.1) is 34.5 Å². The maximum atomic E-state index is 14.0. The van der Waals surface area contributed by atoms with Gasteiger partial charge in [-0.05, 0) is 106 Å². The molecule has 0 bridgehead atoms. The highest BCUT2D eigenvalue weighted by Crippen LogP contribution is 2.67. The van der Waals surface area contributed by atoms with Crippen molar-refractivity contribution in [3.63, 3.8) is 0 Å². The second kappa shape index (κ2) is 7.02. The molecule has 4 aliphatic carbocycles. The SMILES string of the molecule is C[C@H](O)C(F)(F)CC[C@H]1CC[C@H]2[C@@H]3CC=C4C[C@@](C)(O)CC[C@]4(C)[C@H]3CC[C@]12C. The van der Waals surface area contributed by atoms with Crippen molar-refractivity contribution in [3.8, 4) is 0 Å². The molecule has 0 amide bonds. The first-order chi connectivity index (χ1) is 13.4. The molecule has 0 radical (unpaired) electrons. The van der Waals surface area contributed by atoms with Gasteiger partial charge < -0.3 is 10.2 Å². The molecule has 0 aliphatic heterocycles. The molecule has 0 saturated heterocycles. The number of halogens is 2. The van der Waals surface area contributed by atoms with Crippen molar-refractivity contribution in [2.75, 3.05) is 0 Å². The quantitative estimate of drug-likeness (QED) is 0.549. The monoisotopic (exact) mass is 410 g/mol. The highest BCUT2D eigenvalue weighted by molar-refractivity contribution is 5.26. The Bertz CT molecular complexity index is 670. The van der Waals surface area contributed by atoms with Crippen molar-refractivity contribution in [1.29, 1.82) is 0 Å². The summed E-state index contributed by atoms with van der Waals surface area (Å²) in [5, 5.41) is 20.0. The number of rotatable bonds is 4. The summed E-state index contributed by atoms with van der Waals surface area (Å²) in [6.45, 7) is 7.99. The highest BCUT2D eigenvalue weighted by Gasteiger charge is 2.59. The Morgan fingerprint density at radius 2 is 1.83 bits per heavy atom. The summed E-state index contributed by atoms with van der Waals surface area (Å²) >= 11 is 0. The molecule has 29 heavy (non-hydrogen) atoms. The van der Waals surface area contributed by atoms with Crippen molar-refractivity contribution in [2.45, 2.75) is 110 Å². The summed E-state index contributed by atoms with van der Waals surface area (Å²) in [7, 11) is 0. The Kier molecular flexibility index (Phi) is 5.26. The van der Waals surface area contributed by atoms with Gasteiger partial charge in [0.15, 0.2) is 0 Å². The van der Waals surface area contributed by atoms with E-state index in [4.69, 9.17) is 0 Å². The van der Waals surface area contributed by atoms with E-state index < -0.39 is 17.6 Å². The van der Waals surface area contributed by atoms with Crippen molar-refractivity contribution < 1.29 is 19.0 Å². The minimum atomic E-state index is -2.97. The zero-order valence-corrected chi connectivity index (χ0v) is 18.7. The number of aliphatic hydroxyl groups is 2. The van der Waals surface area contributed by atoms with Crippen LogP contribution in [0.1, 0.15) is 91.9 Å². The maximum Gasteiger partial charge on any atom is 0.273 e. The van der Waals surface area contributed by atoms with Crippen LogP contribution in [-0.4, -0.2) is 27.8 Å². The fraction of sp³-hybridized carbons (Fsp3) is 0.920. The molecular weight excluding hydrogens is 370 g/mol. The molecule has 0 aromatic carbocycles. The molecule has 2 N–H and O–H groups in total. The summed E-state index contributed by atoms with van der Waals surface area (Å²) < 4.78 is 28.1. The highest BCUT2D eigenvalue weighted by atomic mass is 19.3. The first-order valence-corrected chi connectivity index (χ1v) is 11.9. The van der Waals surface area contributed by atoms with Crippen LogP contribution in [0.4, 0.5) is 8.78 Å². The number of fused-ring (bicyclic) bond motifs is 5. The molecule has 2 nitrogen and oxygen atoms in total. The maximum absolute atomic E-state index is 14.0. The van der Waals surface area contributed by atoms with Crippen molar-refractivity contribution >= 4 is 0 Å². The molecule has 4 rings (SSSR count). The average molecular weight is 411 g/mol. The van der Waals surface area contributed by atoms with Crippen LogP contribution in [-0.2, 0) is 0 Å². The van der Waals surface area contributed by atoms with Gasteiger partial charge in [-0.3, -0.25) is 0 Å². The Labute approximate surface area is 175 Å². The first-order valence-electron chi connectivity index (χ1n) is 11.9. The lowest BCUT2D eigenvalue weighted by molar-refractivity contribution is -0.113. The minimum Gasteiger partial charge on any atom is -0.390 e. The predicted octanol–water partition coefficient (Wildman–Crippen LogP) is 6.11. The predicted molar refractivity (Wildman–Crippen MR) is 112 cm³/mol. The number of allylic oxidation sites excluding steroid dienone is 1. The van der Waals surface area contributed by atoms with Crippen molar-refractivity contribution in [1.82, 2.24) is 0 Å². The van der Waals surface area contributed by atoms with E-state index in [-0.39, 0.29) is 17.3 Å². The lowest BCUT2D eigenvalue weighted by Crippen LogP contribution is -2.51. The third-order valence-corrected chi connectivity index (χ3v) is 10.0. The van der Waals surface area contributed by atoms with Crippen LogP contribution in [0.15, 0.2) is 11.6 Å². The molecule has 4 aliphatic rings. The topological polar surface area (TPSA) is 40.5 Å². The number of aliphatic hydroxyl groups excluding tert-OH is 1. The Morgan fingerprint density at radius 1 is 1.10 bits per heavy atom. The third kappa shape index (κ3) is 3.50. The summed E-state index contributed by atoms with van der Waals surface area (Å²) in [5.74, 6) is -0.658. The Morgan fingerprint density at radius 3 is 2.52 bits per heavy atom. The van der Waals surface area contributed by atoms with Crippen molar-refractivity contribution in [2.24, 2.45) is 34.5 Å². The average Bonchev–Trinajstić information content (AvgIpc) is 2.97. The summed E-state index contributed by atoms with van der Waals surface area (Å²) in [4.78, 5) is 0. The van der Waals surface area contributed by atoms with E-state index in [2.05, 4.69) is 19.9 Å². The molecule has 0 unspecified atom stereocenters. The molecule has 0 spiro atoms. The van der Waals surface area contributed by atoms with Gasteiger partial charge in [-0.1, -0.05) is 25.5 Å². The normalized spacial score (nSPS) is 48.3. The molecule has 166 valence electrons. The summed E-state index contributed by atoms with van der Waals surface area (Å²) in [6, 6.07) is 0. The van der Waals surface area contributed by atoms with Gasteiger partial charge in [0.25, 0.3) is 5.92 Å². The lowest BCUT2D eigenvalue weighted by Gasteiger charge is -2.59. The Hall–Kier alpha value is -0.480. The molecule has 3 fully saturated rings. The molecule has 8 atom stereocenters. The first kappa shape index (κ1) is 21.7. The Balaban J connectivity index is 1.51. The molecule has 0 aromatic rings. The second-order valence-corrected chi connectivity index (χ2v) is 11.7. The van der Waals surface area contributed by atoms with Gasteiger partial charge in [0.1, 0.15) is 6.10 Å². The summed E-state index contributed by atoms with van der Waals surface area (Å²) in [5.41, 5.74) is 1.29. The zero-order chi connectivity index (χ0) is 21.2. The molecule has 4 heteroatoms. The van der Waals surface area contributed by atoms with E-state index in [0.29, 0.717) is 30.1 Å². The van der Waals surface area contributed by atoms with E-state index in [0.717, 1.165) is 38.5 Å². The van der Waals surface area contributed by atoms with E-state index >= 15 is 0 Å². The van der Waals surface area contributed by atoms with Crippen LogP contribution in [0.25, 0.3) is 0 Å². The van der Waals surface area contributed by atoms with E-state index in [1.807, 2.05) is 6.92 Å². The zero-order valence-electron chi connectivity index (χ0n) is 18.7. The van der Waals surface area contributed by atoms with Crippen LogP contribution in [0.5, 0.6) is 0 Å². The van der Waals surface area contributed by atoms with Crippen LogP contribution in [0.3, 0.4) is 0 Å². The van der Waals surface area contributed by atoms with Crippen molar-refractivity contribution in [3.05, 3.63) is 11.6 Å². The van der Waals surface area contributed by atoms with E-state index in [1.54, 1.807) is 0 Å². The van der Waals surface area contributed by atoms with Crippen LogP contribution in [0.2, 0.25) is 0 Å². The molecule has 3 saturated carbocycles. The van der Waals surface area contributed by atoms with Gasteiger partial charge >= 0.3 is 0 Å². The van der Waals surface area contributed by atoms with Gasteiger partial charge in [-0.25, -0.2) is 8.78 Å². The number of hydrogen-bond donors (Lipinski definition) is 2. The van der Waals surface area contributed by atoms with Gasteiger partial charge in [-0.15, -0.1) is 0 Å². The number of hydrogen-bond acceptors (Lipinski definition) is 2. The van der Waals surface area contributed by atoms with E-state index in [9.17, 15) is 19.0 Å². The van der Waals surface area contributed by atoms with Crippen LogP contribution >= 0.6 is 0 Å². The fourth-order valence-corrected chi connectivity index (χ4v) is 7.96. The molecule has 0 aromatic heterocycles. The van der Waals surface area contributed by atoms with Crippen LogP contribution < -0.4 is 0 Å². The number of alkyl halides is 2. The smallest absolute Gasteiger partial charge is 0.273 e. The largest absolute Gasteiger partial charge is 0.390 e. The molecular formula is C25H40F2O2. The minimum absolute atomic E-state index is 0.164. The van der Waals surface area contributed by atoms with Gasteiger partial charge in [0.05, 0.1) is 5.60 Å². The fourth-order valence-electron chi connectivity index (χ4n) is 7.96. The van der Waals surface area contributed by atoms with Gasteiger partial charge in [-0.2, -0.15) is 0 Å². The standard InChI is InChI=1S/C25H40F2O2/c1-16(28)25(26,27)12-9-17-6-8-20-19-7-5-18-15-22(2,29)13-14-24(18,4)21(19)10-11-23(17,20)3/h5,16-17,19-21,28-29H,6-15H2,1-4H3/t16-,17+,19-,20-,21-,22-,23+,24-/m0/s1. The van der Waals surface area contributed by atoms with E-state index in [1.165, 1.54) is 25.3 Å².